The van der Waals surface area contributed by atoms with E-state index < -0.39 is 0 Å². The Labute approximate surface area is 70.9 Å². The molecule has 0 amide bonds. The van der Waals surface area contributed by atoms with Crippen LogP contribution >= 0.6 is 11.6 Å². The van der Waals surface area contributed by atoms with Crippen molar-refractivity contribution in [1.29, 1.82) is 0 Å². The molecule has 0 atom stereocenters. The lowest BCUT2D eigenvalue weighted by Crippen LogP contribution is -2.10. The molecule has 62 valence electrons. The van der Waals surface area contributed by atoms with Gasteiger partial charge < -0.3 is 9.42 Å². The second-order valence-corrected chi connectivity index (χ2v) is 3.12. The van der Waals surface area contributed by atoms with Crippen molar-refractivity contribution >= 4 is 11.6 Å². The van der Waals surface area contributed by atoms with E-state index in [9.17, 15) is 0 Å². The molecule has 0 radical (unpaired) electrons. The average molecular weight is 175 g/mol. The van der Waals surface area contributed by atoms with Crippen molar-refractivity contribution in [3.05, 3.63) is 16.5 Å². The monoisotopic (exact) mass is 174 g/mol. The first kappa shape index (κ1) is 8.56. The highest BCUT2D eigenvalue weighted by atomic mass is 35.5. The molecule has 0 aliphatic heterocycles. The van der Waals surface area contributed by atoms with Crippen LogP contribution in [-0.2, 0) is 6.54 Å². The molecule has 0 unspecified atom stereocenters. The van der Waals surface area contributed by atoms with Crippen molar-refractivity contribution in [3.63, 3.8) is 0 Å². The summed E-state index contributed by atoms with van der Waals surface area (Å²) >= 11 is 5.87. The van der Waals surface area contributed by atoms with E-state index in [0.717, 1.165) is 11.5 Å². The maximum Gasteiger partial charge on any atom is 0.169 e. The van der Waals surface area contributed by atoms with Gasteiger partial charge in [0.1, 0.15) is 5.02 Å². The lowest BCUT2D eigenvalue weighted by molar-refractivity contribution is 0.308. The smallest absolute Gasteiger partial charge is 0.169 e. The molecule has 4 heteroatoms. The first-order valence-corrected chi connectivity index (χ1v) is 3.74. The molecule has 1 rings (SSSR count). The minimum Gasteiger partial charge on any atom is -0.358 e. The summed E-state index contributed by atoms with van der Waals surface area (Å²) in [7, 11) is 3.91. The largest absolute Gasteiger partial charge is 0.358 e. The fourth-order valence-corrected chi connectivity index (χ4v) is 0.920. The molecule has 1 aromatic heterocycles. The van der Waals surface area contributed by atoms with Crippen LogP contribution in [0.4, 0.5) is 0 Å². The van der Waals surface area contributed by atoms with Gasteiger partial charge >= 0.3 is 0 Å². The molecule has 11 heavy (non-hydrogen) atoms. The third-order valence-electron chi connectivity index (χ3n) is 1.32. The first-order valence-electron chi connectivity index (χ1n) is 3.36. The molecule has 1 heterocycles. The van der Waals surface area contributed by atoms with Gasteiger partial charge in [-0.3, -0.25) is 0 Å². The van der Waals surface area contributed by atoms with Gasteiger partial charge in [-0.25, -0.2) is 0 Å². The number of aromatic nitrogens is 1. The van der Waals surface area contributed by atoms with Crippen LogP contribution in [0.1, 0.15) is 11.5 Å². The number of hydrogen-bond donors (Lipinski definition) is 0. The standard InChI is InChI=1S/C7H11ClN2O/c1-5-7(8)6(11-9-5)4-10(2)3/h4H2,1-3H3. The fraction of sp³-hybridized carbons (Fsp3) is 0.571. The second-order valence-electron chi connectivity index (χ2n) is 2.74. The summed E-state index contributed by atoms with van der Waals surface area (Å²) in [5, 5.41) is 4.37. The number of nitrogens with zero attached hydrogens (tertiary/aromatic N) is 2. The zero-order valence-corrected chi connectivity index (χ0v) is 7.64. The number of aryl methyl sites for hydroxylation is 1. The summed E-state index contributed by atoms with van der Waals surface area (Å²) in [4.78, 5) is 1.98. The lowest BCUT2D eigenvalue weighted by Gasteiger charge is -2.04. The van der Waals surface area contributed by atoms with Crippen molar-refractivity contribution in [2.75, 3.05) is 14.1 Å². The molecular weight excluding hydrogens is 164 g/mol. The highest BCUT2D eigenvalue weighted by Gasteiger charge is 2.10. The van der Waals surface area contributed by atoms with Gasteiger partial charge in [-0.2, -0.15) is 0 Å². The predicted molar refractivity (Wildman–Crippen MR) is 43.6 cm³/mol. The molecule has 0 aromatic carbocycles. The number of hydrogen-bond acceptors (Lipinski definition) is 3. The number of halogens is 1. The van der Waals surface area contributed by atoms with E-state index >= 15 is 0 Å². The zero-order chi connectivity index (χ0) is 8.43. The van der Waals surface area contributed by atoms with Gasteiger partial charge in [0.25, 0.3) is 0 Å². The van der Waals surface area contributed by atoms with Gasteiger partial charge in [-0.15, -0.1) is 0 Å². The SMILES string of the molecule is Cc1noc(CN(C)C)c1Cl. The average Bonchev–Trinajstić information content (AvgIpc) is 2.18. The molecule has 0 N–H and O–H groups in total. The fourth-order valence-electron chi connectivity index (χ4n) is 0.791. The molecule has 1 aromatic rings. The van der Waals surface area contributed by atoms with E-state index in [1.807, 2.05) is 25.9 Å². The van der Waals surface area contributed by atoms with Crippen LogP contribution in [-0.4, -0.2) is 24.2 Å². The Morgan fingerprint density at radius 2 is 2.18 bits per heavy atom. The van der Waals surface area contributed by atoms with Crippen LogP contribution in [0.15, 0.2) is 4.52 Å². The van der Waals surface area contributed by atoms with Crippen molar-refractivity contribution in [2.45, 2.75) is 13.5 Å². The van der Waals surface area contributed by atoms with Crippen molar-refractivity contribution in [3.8, 4) is 0 Å². The summed E-state index contributed by atoms with van der Waals surface area (Å²) in [6.45, 7) is 2.52. The van der Waals surface area contributed by atoms with Gasteiger partial charge in [0.05, 0.1) is 12.2 Å². The lowest BCUT2D eigenvalue weighted by atomic mass is 10.4. The molecule has 0 saturated carbocycles. The summed E-state index contributed by atoms with van der Waals surface area (Å²) < 4.78 is 4.98. The molecule has 0 saturated heterocycles. The van der Waals surface area contributed by atoms with E-state index in [1.54, 1.807) is 0 Å². The third-order valence-corrected chi connectivity index (χ3v) is 1.80. The highest BCUT2D eigenvalue weighted by molar-refractivity contribution is 6.31. The van der Waals surface area contributed by atoms with Crippen molar-refractivity contribution in [2.24, 2.45) is 0 Å². The molecular formula is C7H11ClN2O. The van der Waals surface area contributed by atoms with Crippen LogP contribution in [0.2, 0.25) is 5.02 Å². The molecule has 0 bridgehead atoms. The summed E-state index contributed by atoms with van der Waals surface area (Å²) in [6.07, 6.45) is 0. The van der Waals surface area contributed by atoms with Crippen LogP contribution < -0.4 is 0 Å². The zero-order valence-electron chi connectivity index (χ0n) is 6.89. The van der Waals surface area contributed by atoms with Crippen LogP contribution in [0.3, 0.4) is 0 Å². The minimum atomic E-state index is 0.638. The van der Waals surface area contributed by atoms with Crippen LogP contribution in [0.5, 0.6) is 0 Å². The van der Waals surface area contributed by atoms with E-state index in [-0.39, 0.29) is 0 Å². The second kappa shape index (κ2) is 3.24. The maximum atomic E-state index is 5.87. The van der Waals surface area contributed by atoms with Crippen LogP contribution in [0.25, 0.3) is 0 Å². The predicted octanol–water partition coefficient (Wildman–Crippen LogP) is 1.70. The van der Waals surface area contributed by atoms with Gasteiger partial charge in [0.15, 0.2) is 5.76 Å². The summed E-state index contributed by atoms with van der Waals surface area (Å²) in [6, 6.07) is 0. The van der Waals surface area contributed by atoms with Crippen LogP contribution in [0, 0.1) is 6.92 Å². The van der Waals surface area contributed by atoms with E-state index in [0.29, 0.717) is 11.6 Å². The molecule has 0 fully saturated rings. The Bertz CT molecular complexity index is 245. The quantitative estimate of drug-likeness (QED) is 0.684. The Morgan fingerprint density at radius 3 is 2.55 bits per heavy atom. The molecule has 3 nitrogen and oxygen atoms in total. The summed E-state index contributed by atoms with van der Waals surface area (Å²) in [5.41, 5.74) is 0.753. The van der Waals surface area contributed by atoms with E-state index in [1.165, 1.54) is 0 Å². The normalized spacial score (nSPS) is 11.0. The Morgan fingerprint density at radius 1 is 1.55 bits per heavy atom. The molecule has 0 aliphatic rings. The molecule has 0 spiro atoms. The van der Waals surface area contributed by atoms with E-state index in [4.69, 9.17) is 16.1 Å². The van der Waals surface area contributed by atoms with Crippen molar-refractivity contribution < 1.29 is 4.52 Å². The maximum absolute atomic E-state index is 5.87. The Hall–Kier alpha value is -0.540. The first-order chi connectivity index (χ1) is 5.11. The van der Waals surface area contributed by atoms with Gasteiger partial charge in [0, 0.05) is 0 Å². The topological polar surface area (TPSA) is 29.3 Å². The Kier molecular flexibility index (Phi) is 2.52. The van der Waals surface area contributed by atoms with E-state index in [2.05, 4.69) is 5.16 Å². The van der Waals surface area contributed by atoms with Gasteiger partial charge in [-0.05, 0) is 21.0 Å². The third kappa shape index (κ3) is 1.94. The van der Waals surface area contributed by atoms with Gasteiger partial charge in [-0.1, -0.05) is 16.8 Å². The summed E-state index contributed by atoms with van der Waals surface area (Å²) in [5.74, 6) is 0.731. The van der Waals surface area contributed by atoms with Crippen molar-refractivity contribution in [1.82, 2.24) is 10.1 Å². The highest BCUT2D eigenvalue weighted by Crippen LogP contribution is 2.20. The number of rotatable bonds is 2. The minimum absolute atomic E-state index is 0.638. The Balaban J connectivity index is 2.79. The molecule has 0 aliphatic carbocycles. The van der Waals surface area contributed by atoms with Gasteiger partial charge in [0.2, 0.25) is 0 Å².